The van der Waals surface area contributed by atoms with Crippen molar-refractivity contribution >= 4 is 21.6 Å². The third kappa shape index (κ3) is 5.99. The SMILES string of the molecule is CCOc1ccc(N(CC(=O)N[C@H](C)c2ccc(C)cc2)S(C)(=O)=O)cc1. The maximum atomic E-state index is 12.5. The van der Waals surface area contributed by atoms with Crippen molar-refractivity contribution in [3.8, 4) is 5.75 Å². The van der Waals surface area contributed by atoms with Gasteiger partial charge in [0.2, 0.25) is 15.9 Å². The van der Waals surface area contributed by atoms with Crippen LogP contribution in [-0.2, 0) is 14.8 Å². The number of hydrogen-bond acceptors (Lipinski definition) is 4. The van der Waals surface area contributed by atoms with Crippen LogP contribution in [0.1, 0.15) is 31.0 Å². The minimum atomic E-state index is -3.61. The number of anilines is 1. The monoisotopic (exact) mass is 390 g/mol. The summed E-state index contributed by atoms with van der Waals surface area (Å²) in [4.78, 5) is 12.5. The van der Waals surface area contributed by atoms with Gasteiger partial charge in [-0.05, 0) is 50.6 Å². The maximum absolute atomic E-state index is 12.5. The minimum Gasteiger partial charge on any atom is -0.494 e. The van der Waals surface area contributed by atoms with Crippen LogP contribution in [0, 0.1) is 6.92 Å². The molecular weight excluding hydrogens is 364 g/mol. The van der Waals surface area contributed by atoms with Crippen molar-refractivity contribution in [2.24, 2.45) is 0 Å². The van der Waals surface area contributed by atoms with Gasteiger partial charge >= 0.3 is 0 Å². The lowest BCUT2D eigenvalue weighted by Gasteiger charge is -2.23. The second-order valence-corrected chi connectivity index (χ2v) is 8.30. The zero-order valence-corrected chi connectivity index (χ0v) is 16.9. The first kappa shape index (κ1) is 20.8. The van der Waals surface area contributed by atoms with Crippen molar-refractivity contribution in [3.63, 3.8) is 0 Å². The van der Waals surface area contributed by atoms with Gasteiger partial charge in [-0.2, -0.15) is 0 Å². The van der Waals surface area contributed by atoms with Gasteiger partial charge in [0.15, 0.2) is 0 Å². The molecular formula is C20H26N2O4S. The van der Waals surface area contributed by atoms with Crippen LogP contribution < -0.4 is 14.4 Å². The van der Waals surface area contributed by atoms with Gasteiger partial charge in [-0.15, -0.1) is 0 Å². The molecule has 0 radical (unpaired) electrons. The van der Waals surface area contributed by atoms with Gasteiger partial charge in [0.25, 0.3) is 0 Å². The quantitative estimate of drug-likeness (QED) is 0.752. The van der Waals surface area contributed by atoms with Gasteiger partial charge < -0.3 is 10.1 Å². The first-order valence-electron chi connectivity index (χ1n) is 8.77. The van der Waals surface area contributed by atoms with E-state index >= 15 is 0 Å². The minimum absolute atomic E-state index is 0.222. The third-order valence-electron chi connectivity index (χ3n) is 4.08. The molecule has 2 rings (SSSR count). The molecule has 0 saturated heterocycles. The molecule has 0 bridgehead atoms. The molecule has 0 aliphatic rings. The number of nitrogens with zero attached hydrogens (tertiary/aromatic N) is 1. The first-order chi connectivity index (χ1) is 12.7. The van der Waals surface area contributed by atoms with Crippen molar-refractivity contribution in [1.29, 1.82) is 0 Å². The summed E-state index contributed by atoms with van der Waals surface area (Å²) < 4.78 is 30.8. The van der Waals surface area contributed by atoms with Crippen LogP contribution in [0.2, 0.25) is 0 Å². The van der Waals surface area contributed by atoms with Crippen LogP contribution in [0.5, 0.6) is 5.75 Å². The number of nitrogens with one attached hydrogen (secondary N) is 1. The number of carbonyl (C=O) groups is 1. The van der Waals surface area contributed by atoms with E-state index in [-0.39, 0.29) is 18.5 Å². The third-order valence-corrected chi connectivity index (χ3v) is 5.22. The number of rotatable bonds is 8. The molecule has 146 valence electrons. The second kappa shape index (κ2) is 8.90. The highest BCUT2D eigenvalue weighted by Gasteiger charge is 2.22. The van der Waals surface area contributed by atoms with Crippen molar-refractivity contribution in [2.45, 2.75) is 26.8 Å². The largest absolute Gasteiger partial charge is 0.494 e. The summed E-state index contributed by atoms with van der Waals surface area (Å²) in [5.74, 6) is 0.273. The molecule has 1 N–H and O–H groups in total. The summed E-state index contributed by atoms with van der Waals surface area (Å²) >= 11 is 0. The summed E-state index contributed by atoms with van der Waals surface area (Å²) in [6.07, 6.45) is 1.08. The predicted molar refractivity (Wildman–Crippen MR) is 108 cm³/mol. The Bertz CT molecular complexity index is 862. The Morgan fingerprint density at radius 3 is 2.22 bits per heavy atom. The molecule has 0 aliphatic carbocycles. The highest BCUT2D eigenvalue weighted by atomic mass is 32.2. The molecule has 0 aliphatic heterocycles. The van der Waals surface area contributed by atoms with E-state index in [9.17, 15) is 13.2 Å². The van der Waals surface area contributed by atoms with Gasteiger partial charge in [-0.1, -0.05) is 29.8 Å². The Morgan fingerprint density at radius 2 is 1.70 bits per heavy atom. The lowest BCUT2D eigenvalue weighted by Crippen LogP contribution is -2.41. The number of carbonyl (C=O) groups excluding carboxylic acids is 1. The number of sulfonamides is 1. The Morgan fingerprint density at radius 1 is 1.11 bits per heavy atom. The fraction of sp³-hybridized carbons (Fsp3) is 0.350. The number of hydrogen-bond donors (Lipinski definition) is 1. The molecule has 0 saturated carbocycles. The van der Waals surface area contributed by atoms with Gasteiger partial charge in [0, 0.05) is 0 Å². The topological polar surface area (TPSA) is 75.7 Å². The molecule has 0 heterocycles. The van der Waals surface area contributed by atoms with Crippen LogP contribution in [0.4, 0.5) is 5.69 Å². The number of ether oxygens (including phenoxy) is 1. The van der Waals surface area contributed by atoms with Crippen LogP contribution in [0.3, 0.4) is 0 Å². The van der Waals surface area contributed by atoms with E-state index in [0.29, 0.717) is 18.0 Å². The normalized spacial score (nSPS) is 12.3. The molecule has 2 aromatic rings. The van der Waals surface area contributed by atoms with E-state index < -0.39 is 10.0 Å². The van der Waals surface area contributed by atoms with Crippen LogP contribution in [-0.4, -0.2) is 33.7 Å². The van der Waals surface area contributed by atoms with E-state index in [0.717, 1.165) is 21.7 Å². The van der Waals surface area contributed by atoms with Gasteiger partial charge in [0.1, 0.15) is 12.3 Å². The first-order valence-corrected chi connectivity index (χ1v) is 10.6. The van der Waals surface area contributed by atoms with Crippen molar-refractivity contribution in [1.82, 2.24) is 5.32 Å². The van der Waals surface area contributed by atoms with Gasteiger partial charge in [-0.25, -0.2) is 8.42 Å². The van der Waals surface area contributed by atoms with Crippen LogP contribution in [0.15, 0.2) is 48.5 Å². The van der Waals surface area contributed by atoms with E-state index in [1.54, 1.807) is 24.3 Å². The van der Waals surface area contributed by atoms with E-state index in [2.05, 4.69) is 5.32 Å². The summed E-state index contributed by atoms with van der Waals surface area (Å²) in [6, 6.07) is 14.2. The average Bonchev–Trinajstić information content (AvgIpc) is 2.60. The molecule has 0 fully saturated rings. The Balaban J connectivity index is 2.11. The highest BCUT2D eigenvalue weighted by molar-refractivity contribution is 7.92. The summed E-state index contributed by atoms with van der Waals surface area (Å²) in [7, 11) is -3.61. The molecule has 27 heavy (non-hydrogen) atoms. The van der Waals surface area contributed by atoms with Crippen molar-refractivity contribution < 1.29 is 17.9 Å². The lowest BCUT2D eigenvalue weighted by atomic mass is 10.1. The summed E-state index contributed by atoms with van der Waals surface area (Å²) in [6.45, 7) is 5.96. The molecule has 0 unspecified atom stereocenters. The standard InChI is InChI=1S/C20H26N2O4S/c1-5-26-19-12-10-18(11-13-19)22(27(4,24)25)14-20(23)21-16(3)17-8-6-15(2)7-9-17/h6-13,16H,5,14H2,1-4H3,(H,21,23)/t16-/m1/s1. The fourth-order valence-electron chi connectivity index (χ4n) is 2.63. The van der Waals surface area contributed by atoms with Crippen LogP contribution in [0.25, 0.3) is 0 Å². The van der Waals surface area contributed by atoms with Crippen molar-refractivity contribution in [2.75, 3.05) is 23.7 Å². The smallest absolute Gasteiger partial charge is 0.241 e. The molecule has 2 aromatic carbocycles. The van der Waals surface area contributed by atoms with Gasteiger partial charge in [-0.3, -0.25) is 9.10 Å². The van der Waals surface area contributed by atoms with Crippen LogP contribution >= 0.6 is 0 Å². The zero-order chi connectivity index (χ0) is 20.0. The van der Waals surface area contributed by atoms with Crippen molar-refractivity contribution in [3.05, 3.63) is 59.7 Å². The van der Waals surface area contributed by atoms with E-state index in [1.165, 1.54) is 0 Å². The highest BCUT2D eigenvalue weighted by Crippen LogP contribution is 2.22. The van der Waals surface area contributed by atoms with E-state index in [4.69, 9.17) is 4.74 Å². The molecule has 0 spiro atoms. The number of amides is 1. The number of aryl methyl sites for hydroxylation is 1. The van der Waals surface area contributed by atoms with E-state index in [1.807, 2.05) is 45.0 Å². The number of benzene rings is 2. The second-order valence-electron chi connectivity index (χ2n) is 6.40. The molecule has 6 nitrogen and oxygen atoms in total. The summed E-state index contributed by atoms with van der Waals surface area (Å²) in [5.41, 5.74) is 2.51. The molecule has 1 atom stereocenters. The lowest BCUT2D eigenvalue weighted by molar-refractivity contribution is -0.120. The fourth-order valence-corrected chi connectivity index (χ4v) is 3.49. The predicted octanol–water partition coefficient (Wildman–Crippen LogP) is 3.04. The Labute approximate surface area is 161 Å². The molecule has 0 aromatic heterocycles. The maximum Gasteiger partial charge on any atom is 0.241 e. The zero-order valence-electron chi connectivity index (χ0n) is 16.1. The Kier molecular flexibility index (Phi) is 6.85. The average molecular weight is 391 g/mol. The Hall–Kier alpha value is -2.54. The summed E-state index contributed by atoms with van der Waals surface area (Å²) in [5, 5.41) is 2.85. The molecule has 1 amide bonds. The molecule has 7 heteroatoms. The van der Waals surface area contributed by atoms with Gasteiger partial charge in [0.05, 0.1) is 24.6 Å².